The molecule has 0 radical (unpaired) electrons. The number of hydrogen-bond donors (Lipinski definition) is 4. The quantitative estimate of drug-likeness (QED) is 0.268. The summed E-state index contributed by atoms with van der Waals surface area (Å²) in [6.45, 7) is 0. The molecule has 1 atom stereocenters. The van der Waals surface area contributed by atoms with Gasteiger partial charge in [-0.3, -0.25) is 0 Å². The summed E-state index contributed by atoms with van der Waals surface area (Å²) in [4.78, 5) is 0. The molecule has 0 bridgehead atoms. The van der Waals surface area contributed by atoms with E-state index >= 15 is 0 Å². The molecule has 0 aliphatic rings. The van der Waals surface area contributed by atoms with E-state index < -0.39 is 12.3 Å². The highest BCUT2D eigenvalue weighted by atomic mass is 32.1. The Labute approximate surface area is 47.6 Å². The second kappa shape index (κ2) is 3.26. The lowest BCUT2D eigenvalue weighted by Crippen LogP contribution is -2.35. The van der Waals surface area contributed by atoms with Crippen LogP contribution < -0.4 is 5.73 Å². The number of aliphatic hydroxyl groups excluding tert-OH is 1. The fraction of sp³-hybridized carbons (Fsp3) is 1.00. The molecule has 4 N–H and O–H groups in total. The minimum atomic E-state index is -1.43. The smallest absolute Gasteiger partial charge is 0.167 e. The van der Waals surface area contributed by atoms with Gasteiger partial charge in [0.1, 0.15) is 0 Å². The Balaban J connectivity index is 3.14. The zero-order chi connectivity index (χ0) is 5.86. The van der Waals surface area contributed by atoms with E-state index in [4.69, 9.17) is 15.9 Å². The molecule has 0 aromatic carbocycles. The van der Waals surface area contributed by atoms with Crippen LogP contribution in [-0.4, -0.2) is 28.3 Å². The van der Waals surface area contributed by atoms with Crippen molar-refractivity contribution in [1.82, 2.24) is 0 Å². The fourth-order valence-electron chi connectivity index (χ4n) is 0.0943. The normalized spacial score (nSPS) is 15.0. The average Bonchev–Trinajstić information content (AvgIpc) is 1.65. The Hall–Kier alpha value is 0.230. The molecule has 4 heteroatoms. The first-order valence-electron chi connectivity index (χ1n) is 1.91. The standard InChI is InChI=1S/C3H9NO2S/c4-2(1-7)3(5)6/h2-3,5-7H,1,4H2. The van der Waals surface area contributed by atoms with Crippen molar-refractivity contribution in [2.75, 3.05) is 5.75 Å². The average molecular weight is 123 g/mol. The van der Waals surface area contributed by atoms with Crippen molar-refractivity contribution in [3.63, 3.8) is 0 Å². The topological polar surface area (TPSA) is 66.5 Å². The van der Waals surface area contributed by atoms with Gasteiger partial charge in [-0.1, -0.05) is 0 Å². The van der Waals surface area contributed by atoms with Crippen LogP contribution >= 0.6 is 12.6 Å². The van der Waals surface area contributed by atoms with Gasteiger partial charge in [0.15, 0.2) is 6.29 Å². The van der Waals surface area contributed by atoms with Gasteiger partial charge in [0, 0.05) is 5.75 Å². The van der Waals surface area contributed by atoms with Crippen molar-refractivity contribution in [2.24, 2.45) is 5.73 Å². The van der Waals surface area contributed by atoms with Crippen molar-refractivity contribution < 1.29 is 10.2 Å². The van der Waals surface area contributed by atoms with Crippen LogP contribution in [0.15, 0.2) is 0 Å². The molecule has 0 rings (SSSR count). The van der Waals surface area contributed by atoms with Gasteiger partial charge in [-0.25, -0.2) is 0 Å². The number of rotatable bonds is 2. The molecule has 7 heavy (non-hydrogen) atoms. The second-order valence-electron chi connectivity index (χ2n) is 1.26. The third kappa shape index (κ3) is 2.87. The number of thiol groups is 1. The number of aliphatic hydroxyl groups is 2. The lowest BCUT2D eigenvalue weighted by atomic mass is 10.4. The van der Waals surface area contributed by atoms with Gasteiger partial charge in [0.25, 0.3) is 0 Å². The van der Waals surface area contributed by atoms with Gasteiger partial charge < -0.3 is 15.9 Å². The summed E-state index contributed by atoms with van der Waals surface area (Å²) in [7, 11) is 0. The Morgan fingerprint density at radius 3 is 2.00 bits per heavy atom. The molecule has 3 nitrogen and oxygen atoms in total. The summed E-state index contributed by atoms with van der Waals surface area (Å²) in [6, 6.07) is -0.622. The van der Waals surface area contributed by atoms with Crippen LogP contribution in [0.1, 0.15) is 0 Å². The van der Waals surface area contributed by atoms with Crippen molar-refractivity contribution >= 4 is 12.6 Å². The van der Waals surface area contributed by atoms with Crippen LogP contribution in [0.25, 0.3) is 0 Å². The Morgan fingerprint density at radius 2 is 2.00 bits per heavy atom. The van der Waals surface area contributed by atoms with Gasteiger partial charge in [0.05, 0.1) is 6.04 Å². The Morgan fingerprint density at radius 1 is 1.57 bits per heavy atom. The summed E-state index contributed by atoms with van der Waals surface area (Å²) in [5.74, 6) is 0.289. The van der Waals surface area contributed by atoms with E-state index in [0.717, 1.165) is 0 Å². The molecule has 0 aliphatic carbocycles. The molecule has 0 fully saturated rings. The largest absolute Gasteiger partial charge is 0.367 e. The van der Waals surface area contributed by atoms with Crippen molar-refractivity contribution in [1.29, 1.82) is 0 Å². The van der Waals surface area contributed by atoms with E-state index in [9.17, 15) is 0 Å². The van der Waals surface area contributed by atoms with E-state index in [-0.39, 0.29) is 5.75 Å². The third-order valence-corrected chi connectivity index (χ3v) is 1.02. The third-order valence-electron chi connectivity index (χ3n) is 0.594. The summed E-state index contributed by atoms with van der Waals surface area (Å²) in [5, 5.41) is 16.4. The van der Waals surface area contributed by atoms with Crippen LogP contribution in [0, 0.1) is 0 Å². The molecule has 0 saturated heterocycles. The minimum Gasteiger partial charge on any atom is -0.367 e. The molecular weight excluding hydrogens is 114 g/mol. The van der Waals surface area contributed by atoms with Crippen LogP contribution in [-0.2, 0) is 0 Å². The molecule has 0 aliphatic heterocycles. The van der Waals surface area contributed by atoms with Gasteiger partial charge >= 0.3 is 0 Å². The predicted octanol–water partition coefficient (Wildman–Crippen LogP) is -1.45. The van der Waals surface area contributed by atoms with Gasteiger partial charge in [0.2, 0.25) is 0 Å². The Bertz CT molecular complexity index is 50.2. The first-order chi connectivity index (χ1) is 3.18. The fourth-order valence-corrected chi connectivity index (χ4v) is 0.283. The molecule has 1 unspecified atom stereocenters. The molecule has 0 aromatic rings. The van der Waals surface area contributed by atoms with Crippen molar-refractivity contribution in [3.8, 4) is 0 Å². The second-order valence-corrected chi connectivity index (χ2v) is 1.63. The Kier molecular flexibility index (Phi) is 3.37. The zero-order valence-corrected chi connectivity index (χ0v) is 4.68. The maximum Gasteiger partial charge on any atom is 0.167 e. The van der Waals surface area contributed by atoms with Gasteiger partial charge in [-0.15, -0.1) is 0 Å². The predicted molar refractivity (Wildman–Crippen MR) is 30.1 cm³/mol. The molecule has 44 valence electrons. The van der Waals surface area contributed by atoms with E-state index in [1.54, 1.807) is 0 Å². The molecule has 0 spiro atoms. The van der Waals surface area contributed by atoms with E-state index in [0.29, 0.717) is 0 Å². The summed E-state index contributed by atoms with van der Waals surface area (Å²) in [6.07, 6.45) is -1.43. The minimum absolute atomic E-state index is 0.289. The monoisotopic (exact) mass is 123 g/mol. The maximum atomic E-state index is 8.20. The van der Waals surface area contributed by atoms with Crippen LogP contribution in [0.3, 0.4) is 0 Å². The first-order valence-corrected chi connectivity index (χ1v) is 2.54. The van der Waals surface area contributed by atoms with Gasteiger partial charge in [-0.2, -0.15) is 12.6 Å². The van der Waals surface area contributed by atoms with Crippen molar-refractivity contribution in [3.05, 3.63) is 0 Å². The first kappa shape index (κ1) is 7.23. The molecule has 0 amide bonds. The highest BCUT2D eigenvalue weighted by Gasteiger charge is 2.06. The number of hydrogen-bond acceptors (Lipinski definition) is 4. The van der Waals surface area contributed by atoms with E-state index in [1.807, 2.05) is 0 Å². The molecule has 0 saturated carbocycles. The van der Waals surface area contributed by atoms with Crippen LogP contribution in [0.4, 0.5) is 0 Å². The maximum absolute atomic E-state index is 8.20. The zero-order valence-electron chi connectivity index (χ0n) is 3.78. The summed E-state index contributed by atoms with van der Waals surface area (Å²) in [5.41, 5.74) is 5.04. The van der Waals surface area contributed by atoms with Crippen molar-refractivity contribution in [2.45, 2.75) is 12.3 Å². The summed E-state index contributed by atoms with van der Waals surface area (Å²) < 4.78 is 0. The lowest BCUT2D eigenvalue weighted by molar-refractivity contribution is -0.0526. The number of nitrogens with two attached hydrogens (primary N) is 1. The SMILES string of the molecule is NC(CS)C(O)O. The molecule has 0 heterocycles. The lowest BCUT2D eigenvalue weighted by Gasteiger charge is -2.08. The summed E-state index contributed by atoms with van der Waals surface area (Å²) >= 11 is 3.71. The van der Waals surface area contributed by atoms with E-state index in [2.05, 4.69) is 12.6 Å². The van der Waals surface area contributed by atoms with E-state index in [1.165, 1.54) is 0 Å². The van der Waals surface area contributed by atoms with Crippen LogP contribution in [0.5, 0.6) is 0 Å². The molecule has 0 aromatic heterocycles. The van der Waals surface area contributed by atoms with Crippen LogP contribution in [0.2, 0.25) is 0 Å². The van der Waals surface area contributed by atoms with Gasteiger partial charge in [-0.05, 0) is 0 Å². The molecular formula is C3H9NO2S. The highest BCUT2D eigenvalue weighted by Crippen LogP contribution is 1.85. The highest BCUT2D eigenvalue weighted by molar-refractivity contribution is 7.80.